The molecular weight excluding hydrogens is 380 g/mol. The molecule has 2 rings (SSSR count). The van der Waals surface area contributed by atoms with Gasteiger partial charge < -0.3 is 10.5 Å². The van der Waals surface area contributed by atoms with E-state index in [2.05, 4.69) is 15.2 Å². The molecule has 1 aromatic carbocycles. The molecular formula is C15H11F6N5O. The third-order valence-corrected chi connectivity index (χ3v) is 3.40. The second-order valence-corrected chi connectivity index (χ2v) is 5.48. The van der Waals surface area contributed by atoms with Crippen molar-refractivity contribution in [2.75, 3.05) is 0 Å². The molecule has 6 nitrogen and oxygen atoms in total. The van der Waals surface area contributed by atoms with E-state index in [0.29, 0.717) is 6.07 Å². The van der Waals surface area contributed by atoms with Crippen LogP contribution < -0.4 is 5.73 Å². The molecule has 0 aliphatic carbocycles. The summed E-state index contributed by atoms with van der Waals surface area (Å²) in [5.74, 6) is -1.38. The van der Waals surface area contributed by atoms with Crippen molar-refractivity contribution in [2.24, 2.45) is 26.8 Å². The van der Waals surface area contributed by atoms with Crippen molar-refractivity contribution in [3.63, 3.8) is 0 Å². The molecule has 0 fully saturated rings. The highest BCUT2D eigenvalue weighted by atomic mass is 19.4. The number of hydrogen-bond acceptors (Lipinski definition) is 6. The van der Waals surface area contributed by atoms with Gasteiger partial charge in [0.05, 0.1) is 22.9 Å². The first-order valence-electron chi connectivity index (χ1n) is 7.26. The summed E-state index contributed by atoms with van der Waals surface area (Å²) < 4.78 is 82.8. The molecule has 0 spiro atoms. The number of amidine groups is 1. The third-order valence-electron chi connectivity index (χ3n) is 3.40. The van der Waals surface area contributed by atoms with Gasteiger partial charge in [0.25, 0.3) is 0 Å². The number of rotatable bonds is 1. The normalized spacial score (nSPS) is 23.9. The Morgan fingerprint density at radius 3 is 2.41 bits per heavy atom. The minimum absolute atomic E-state index is 0.276. The van der Waals surface area contributed by atoms with Gasteiger partial charge >= 0.3 is 18.4 Å². The van der Waals surface area contributed by atoms with Crippen LogP contribution in [0.4, 0.5) is 32.0 Å². The summed E-state index contributed by atoms with van der Waals surface area (Å²) in [7, 11) is 0. The van der Waals surface area contributed by atoms with Gasteiger partial charge in [-0.15, -0.1) is 5.10 Å². The summed E-state index contributed by atoms with van der Waals surface area (Å²) in [6.45, 7) is 1.31. The average Bonchev–Trinajstić information content (AvgIpc) is 2.54. The van der Waals surface area contributed by atoms with Gasteiger partial charge in [-0.25, -0.2) is 4.99 Å². The molecule has 1 aliphatic rings. The SMILES string of the molecule is CC1C/C(C(F)(F)F)=N\N=C(/N)OC1=Nc1ccc(C#N)c(C(F)(F)F)c1. The zero-order valence-electron chi connectivity index (χ0n) is 13.6. The van der Waals surface area contributed by atoms with Gasteiger partial charge in [0.1, 0.15) is 5.71 Å². The number of nitrogens with two attached hydrogens (primary N) is 1. The number of aliphatic imine (C=N–C) groups is 1. The number of halogens is 6. The molecule has 0 bridgehead atoms. The van der Waals surface area contributed by atoms with Crippen molar-refractivity contribution < 1.29 is 31.1 Å². The molecule has 12 heteroatoms. The van der Waals surface area contributed by atoms with Crippen LogP contribution in [0.1, 0.15) is 24.5 Å². The fourth-order valence-electron chi connectivity index (χ4n) is 2.12. The lowest BCUT2D eigenvalue weighted by molar-refractivity contribution is -0.137. The molecule has 1 aliphatic heterocycles. The van der Waals surface area contributed by atoms with Gasteiger partial charge in [-0.1, -0.05) is 12.0 Å². The number of nitriles is 1. The monoisotopic (exact) mass is 391 g/mol. The number of hydrogen-bond donors (Lipinski definition) is 1. The van der Waals surface area contributed by atoms with Crippen LogP contribution in [0.2, 0.25) is 0 Å². The van der Waals surface area contributed by atoms with Crippen molar-refractivity contribution in [2.45, 2.75) is 25.7 Å². The van der Waals surface area contributed by atoms with E-state index >= 15 is 0 Å². The van der Waals surface area contributed by atoms with Crippen LogP contribution in [0.25, 0.3) is 0 Å². The van der Waals surface area contributed by atoms with E-state index in [0.717, 1.165) is 12.1 Å². The lowest BCUT2D eigenvalue weighted by atomic mass is 10.0. The minimum Gasteiger partial charge on any atom is -0.410 e. The van der Waals surface area contributed by atoms with Gasteiger partial charge in [0, 0.05) is 12.3 Å². The smallest absolute Gasteiger partial charge is 0.410 e. The van der Waals surface area contributed by atoms with Crippen LogP contribution in [-0.4, -0.2) is 23.8 Å². The van der Waals surface area contributed by atoms with Crippen molar-refractivity contribution in [1.82, 2.24) is 0 Å². The summed E-state index contributed by atoms with van der Waals surface area (Å²) >= 11 is 0. The number of benzene rings is 1. The first kappa shape index (κ1) is 20.2. The molecule has 0 aromatic heterocycles. The fraction of sp³-hybridized carbons (Fsp3) is 0.333. The molecule has 1 atom stereocenters. The van der Waals surface area contributed by atoms with Crippen LogP contribution in [0, 0.1) is 17.2 Å². The van der Waals surface area contributed by atoms with Crippen molar-refractivity contribution in [3.8, 4) is 6.07 Å². The van der Waals surface area contributed by atoms with Crippen LogP contribution in [0.5, 0.6) is 0 Å². The summed E-state index contributed by atoms with van der Waals surface area (Å²) in [6.07, 6.45) is -10.2. The summed E-state index contributed by atoms with van der Waals surface area (Å²) in [6, 6.07) is 3.25. The highest BCUT2D eigenvalue weighted by Gasteiger charge is 2.39. The summed E-state index contributed by atoms with van der Waals surface area (Å²) in [5.41, 5.74) is 1.95. The Balaban J connectivity index is 2.46. The summed E-state index contributed by atoms with van der Waals surface area (Å²) in [4.78, 5) is 3.82. The maximum absolute atomic E-state index is 13.0. The Bertz CT molecular complexity index is 863. The Kier molecular flexibility index (Phi) is 5.43. The Morgan fingerprint density at radius 1 is 1.19 bits per heavy atom. The van der Waals surface area contributed by atoms with Gasteiger partial charge in [0.15, 0.2) is 0 Å². The number of ether oxygens (including phenoxy) is 1. The molecule has 0 saturated carbocycles. The van der Waals surface area contributed by atoms with Gasteiger partial charge in [0.2, 0.25) is 5.90 Å². The van der Waals surface area contributed by atoms with E-state index in [1.165, 1.54) is 13.0 Å². The molecule has 1 aromatic rings. The topological polar surface area (TPSA) is 96.1 Å². The van der Waals surface area contributed by atoms with Crippen molar-refractivity contribution in [1.29, 1.82) is 5.26 Å². The summed E-state index contributed by atoms with van der Waals surface area (Å²) in [5, 5.41) is 14.8. The third kappa shape index (κ3) is 4.96. The van der Waals surface area contributed by atoms with Gasteiger partial charge in [-0.2, -0.15) is 31.6 Å². The Labute approximate surface area is 148 Å². The van der Waals surface area contributed by atoms with Crippen LogP contribution in [0.3, 0.4) is 0 Å². The van der Waals surface area contributed by atoms with Crippen molar-refractivity contribution >= 4 is 23.3 Å². The highest BCUT2D eigenvalue weighted by molar-refractivity contribution is 5.99. The molecule has 0 amide bonds. The lowest BCUT2D eigenvalue weighted by Crippen LogP contribution is -2.32. The zero-order chi connectivity index (χ0) is 20.4. The molecule has 0 saturated heterocycles. The maximum atomic E-state index is 13.0. The van der Waals surface area contributed by atoms with Crippen LogP contribution in [0.15, 0.2) is 33.4 Å². The molecule has 1 unspecified atom stereocenters. The lowest BCUT2D eigenvalue weighted by Gasteiger charge is -2.19. The zero-order valence-corrected chi connectivity index (χ0v) is 13.6. The van der Waals surface area contributed by atoms with Crippen molar-refractivity contribution in [3.05, 3.63) is 29.3 Å². The van der Waals surface area contributed by atoms with Crippen LogP contribution >= 0.6 is 0 Å². The average molecular weight is 391 g/mol. The van der Waals surface area contributed by atoms with E-state index in [-0.39, 0.29) is 11.6 Å². The van der Waals surface area contributed by atoms with E-state index in [9.17, 15) is 26.3 Å². The second kappa shape index (κ2) is 7.26. The first-order chi connectivity index (χ1) is 12.4. The molecule has 27 heavy (non-hydrogen) atoms. The molecule has 1 heterocycles. The Morgan fingerprint density at radius 2 is 1.85 bits per heavy atom. The molecule has 144 valence electrons. The van der Waals surface area contributed by atoms with Gasteiger partial charge in [-0.3, -0.25) is 0 Å². The second-order valence-electron chi connectivity index (χ2n) is 5.48. The minimum atomic E-state index is -4.81. The molecule has 0 radical (unpaired) electrons. The highest BCUT2D eigenvalue weighted by Crippen LogP contribution is 2.34. The number of nitrogens with zero attached hydrogens (tertiary/aromatic N) is 4. The quantitative estimate of drug-likeness (QED) is 0.736. The van der Waals surface area contributed by atoms with E-state index < -0.39 is 47.6 Å². The van der Waals surface area contributed by atoms with Gasteiger partial charge in [-0.05, 0) is 18.2 Å². The maximum Gasteiger partial charge on any atom is 0.431 e. The van der Waals surface area contributed by atoms with Crippen LogP contribution in [-0.2, 0) is 10.9 Å². The first-order valence-corrected chi connectivity index (χ1v) is 7.26. The predicted molar refractivity (Wildman–Crippen MR) is 83.2 cm³/mol. The van der Waals surface area contributed by atoms with E-state index in [1.54, 1.807) is 0 Å². The Hall–Kier alpha value is -3.10. The number of alkyl halides is 6. The largest absolute Gasteiger partial charge is 0.431 e. The van der Waals surface area contributed by atoms with E-state index in [1.807, 2.05) is 0 Å². The predicted octanol–water partition coefficient (Wildman–Crippen LogP) is 3.90. The standard InChI is InChI=1S/C15H11F6N5O/c1-7-4-11(15(19,20)21)25-26-13(23)27-12(7)24-9-3-2-8(6-22)10(5-9)14(16,17)18/h2-3,5,7H,4H2,1H3,(H2,23,26)/b24-12?,25-11+. The van der Waals surface area contributed by atoms with E-state index in [4.69, 9.17) is 15.7 Å². The fourth-order valence-corrected chi connectivity index (χ4v) is 2.12. The molecule has 2 N–H and O–H groups in total.